The van der Waals surface area contributed by atoms with Gasteiger partial charge in [0, 0.05) is 12.3 Å². The third-order valence-electron chi connectivity index (χ3n) is 2.49. The van der Waals surface area contributed by atoms with E-state index in [0.717, 1.165) is 25.7 Å². The highest BCUT2D eigenvalue weighted by Crippen LogP contribution is 2.23. The van der Waals surface area contributed by atoms with Crippen molar-refractivity contribution in [2.45, 2.75) is 46.0 Å². The zero-order valence-electron chi connectivity index (χ0n) is 8.10. The van der Waals surface area contributed by atoms with Crippen molar-refractivity contribution in [3.05, 3.63) is 11.6 Å². The van der Waals surface area contributed by atoms with Crippen LogP contribution in [0.2, 0.25) is 0 Å². The molecule has 1 nitrogen and oxygen atoms in total. The Balaban J connectivity index is 2.39. The largest absolute Gasteiger partial charge is 0.299 e. The van der Waals surface area contributed by atoms with E-state index >= 15 is 0 Å². The first-order valence-electron chi connectivity index (χ1n) is 4.86. The molecule has 1 atom stereocenters. The first-order valence-corrected chi connectivity index (χ1v) is 4.86. The van der Waals surface area contributed by atoms with Crippen LogP contribution in [0.4, 0.5) is 0 Å². The lowest BCUT2D eigenvalue weighted by molar-refractivity contribution is -0.124. The molecule has 1 heteroatoms. The average molecular weight is 166 g/mol. The molecule has 0 saturated heterocycles. The van der Waals surface area contributed by atoms with Crippen molar-refractivity contribution in [1.82, 2.24) is 0 Å². The van der Waals surface area contributed by atoms with Gasteiger partial charge in [-0.25, -0.2) is 0 Å². The fourth-order valence-electron chi connectivity index (χ4n) is 1.68. The van der Waals surface area contributed by atoms with Gasteiger partial charge in [0.2, 0.25) is 0 Å². The van der Waals surface area contributed by atoms with E-state index in [2.05, 4.69) is 19.9 Å². The summed E-state index contributed by atoms with van der Waals surface area (Å²) in [6.45, 7) is 4.18. The van der Waals surface area contributed by atoms with E-state index in [4.69, 9.17) is 0 Å². The van der Waals surface area contributed by atoms with Crippen LogP contribution in [0.3, 0.4) is 0 Å². The number of carbonyl (C=O) groups excluding carboxylic acids is 1. The topological polar surface area (TPSA) is 17.1 Å². The minimum absolute atomic E-state index is 0.341. The SMILES string of the molecule is CC(C)=CCC1CCCCC1=O. The van der Waals surface area contributed by atoms with Gasteiger partial charge in [0.05, 0.1) is 0 Å². The lowest BCUT2D eigenvalue weighted by atomic mass is 9.85. The standard InChI is InChI=1S/C11H18O/c1-9(2)7-8-10-5-3-4-6-11(10)12/h7,10H,3-6,8H2,1-2H3. The summed E-state index contributed by atoms with van der Waals surface area (Å²) >= 11 is 0. The molecule has 0 aromatic carbocycles. The van der Waals surface area contributed by atoms with Crippen molar-refractivity contribution in [1.29, 1.82) is 0 Å². The monoisotopic (exact) mass is 166 g/mol. The molecule has 12 heavy (non-hydrogen) atoms. The lowest BCUT2D eigenvalue weighted by Crippen LogP contribution is -2.18. The maximum atomic E-state index is 11.4. The van der Waals surface area contributed by atoms with Gasteiger partial charge in [0.1, 0.15) is 5.78 Å². The molecule has 1 unspecified atom stereocenters. The zero-order valence-corrected chi connectivity index (χ0v) is 8.10. The van der Waals surface area contributed by atoms with E-state index in [0.29, 0.717) is 11.7 Å². The zero-order chi connectivity index (χ0) is 8.97. The Hall–Kier alpha value is -0.590. The number of ketones is 1. The van der Waals surface area contributed by atoms with Crippen molar-refractivity contribution in [3.8, 4) is 0 Å². The summed E-state index contributed by atoms with van der Waals surface area (Å²) in [5.74, 6) is 0.826. The van der Waals surface area contributed by atoms with Crippen LogP contribution in [-0.4, -0.2) is 5.78 Å². The van der Waals surface area contributed by atoms with Gasteiger partial charge in [-0.3, -0.25) is 4.79 Å². The Morgan fingerprint density at radius 1 is 1.50 bits per heavy atom. The van der Waals surface area contributed by atoms with Crippen LogP contribution in [0.5, 0.6) is 0 Å². The summed E-state index contributed by atoms with van der Waals surface area (Å²) in [4.78, 5) is 11.4. The molecule has 0 aromatic heterocycles. The quantitative estimate of drug-likeness (QED) is 0.576. The Morgan fingerprint density at radius 3 is 2.83 bits per heavy atom. The van der Waals surface area contributed by atoms with Crippen molar-refractivity contribution in [2.75, 3.05) is 0 Å². The third-order valence-corrected chi connectivity index (χ3v) is 2.49. The molecule has 0 aliphatic heterocycles. The first kappa shape index (κ1) is 9.50. The van der Waals surface area contributed by atoms with Gasteiger partial charge in [0.25, 0.3) is 0 Å². The van der Waals surface area contributed by atoms with Gasteiger partial charge in [-0.2, -0.15) is 0 Å². The van der Waals surface area contributed by atoms with Crippen LogP contribution in [0.15, 0.2) is 11.6 Å². The van der Waals surface area contributed by atoms with E-state index in [9.17, 15) is 4.79 Å². The molecule has 0 aromatic rings. The Labute approximate surface area is 74.9 Å². The van der Waals surface area contributed by atoms with E-state index in [1.54, 1.807) is 0 Å². The highest BCUT2D eigenvalue weighted by atomic mass is 16.1. The van der Waals surface area contributed by atoms with Crippen LogP contribution in [0, 0.1) is 5.92 Å². The number of rotatable bonds is 2. The van der Waals surface area contributed by atoms with E-state index in [1.807, 2.05) is 0 Å². The van der Waals surface area contributed by atoms with Crippen molar-refractivity contribution < 1.29 is 4.79 Å². The van der Waals surface area contributed by atoms with E-state index in [1.165, 1.54) is 12.0 Å². The lowest BCUT2D eigenvalue weighted by Gasteiger charge is -2.18. The Bertz CT molecular complexity index is 187. The molecule has 1 aliphatic rings. The first-order chi connectivity index (χ1) is 5.70. The molecule has 0 N–H and O–H groups in total. The van der Waals surface area contributed by atoms with Crippen LogP contribution in [-0.2, 0) is 4.79 Å². The normalized spacial score (nSPS) is 23.8. The van der Waals surface area contributed by atoms with Crippen molar-refractivity contribution >= 4 is 5.78 Å². The van der Waals surface area contributed by atoms with Gasteiger partial charge in [-0.15, -0.1) is 0 Å². The second-order valence-corrected chi connectivity index (χ2v) is 3.93. The molecule has 0 spiro atoms. The summed E-state index contributed by atoms with van der Waals surface area (Å²) in [6, 6.07) is 0. The van der Waals surface area contributed by atoms with Crippen LogP contribution < -0.4 is 0 Å². The number of hydrogen-bond donors (Lipinski definition) is 0. The average Bonchev–Trinajstić information content (AvgIpc) is 2.03. The molecule has 1 rings (SSSR count). The number of allylic oxidation sites excluding steroid dienone is 2. The van der Waals surface area contributed by atoms with Gasteiger partial charge in [-0.1, -0.05) is 18.1 Å². The van der Waals surface area contributed by atoms with Gasteiger partial charge in [0.15, 0.2) is 0 Å². The van der Waals surface area contributed by atoms with Gasteiger partial charge < -0.3 is 0 Å². The van der Waals surface area contributed by atoms with Crippen molar-refractivity contribution in [3.63, 3.8) is 0 Å². The third kappa shape index (κ3) is 2.80. The minimum atomic E-state index is 0.341. The number of carbonyl (C=O) groups is 1. The second-order valence-electron chi connectivity index (χ2n) is 3.93. The Morgan fingerprint density at radius 2 is 2.25 bits per heavy atom. The number of Topliss-reactive ketones (excluding diaryl/α,β-unsaturated/α-hetero) is 1. The predicted molar refractivity (Wildman–Crippen MR) is 51.0 cm³/mol. The van der Waals surface area contributed by atoms with Crippen molar-refractivity contribution in [2.24, 2.45) is 5.92 Å². The summed E-state index contributed by atoms with van der Waals surface area (Å²) < 4.78 is 0. The van der Waals surface area contributed by atoms with E-state index in [-0.39, 0.29) is 0 Å². The molecule has 0 heterocycles. The molecular formula is C11H18O. The fourth-order valence-corrected chi connectivity index (χ4v) is 1.68. The van der Waals surface area contributed by atoms with E-state index < -0.39 is 0 Å². The summed E-state index contributed by atoms with van der Waals surface area (Å²) in [7, 11) is 0. The molecule has 68 valence electrons. The van der Waals surface area contributed by atoms with Gasteiger partial charge >= 0.3 is 0 Å². The molecule has 1 fully saturated rings. The molecule has 0 amide bonds. The summed E-state index contributed by atoms with van der Waals surface area (Å²) in [5, 5.41) is 0. The summed E-state index contributed by atoms with van der Waals surface area (Å²) in [5.41, 5.74) is 1.33. The minimum Gasteiger partial charge on any atom is -0.299 e. The molecule has 1 saturated carbocycles. The highest BCUT2D eigenvalue weighted by molar-refractivity contribution is 5.81. The van der Waals surface area contributed by atoms with Crippen LogP contribution in [0.25, 0.3) is 0 Å². The second kappa shape index (κ2) is 4.44. The molecular weight excluding hydrogens is 148 g/mol. The Kier molecular flexibility index (Phi) is 3.51. The molecule has 1 aliphatic carbocycles. The predicted octanol–water partition coefficient (Wildman–Crippen LogP) is 3.10. The smallest absolute Gasteiger partial charge is 0.136 e. The fraction of sp³-hybridized carbons (Fsp3) is 0.727. The van der Waals surface area contributed by atoms with Gasteiger partial charge in [-0.05, 0) is 33.1 Å². The van der Waals surface area contributed by atoms with Crippen LogP contribution >= 0.6 is 0 Å². The van der Waals surface area contributed by atoms with Crippen LogP contribution in [0.1, 0.15) is 46.0 Å². The summed E-state index contributed by atoms with van der Waals surface area (Å²) in [6.07, 6.45) is 7.45. The molecule has 0 radical (unpaired) electrons. The maximum Gasteiger partial charge on any atom is 0.136 e. The molecule has 0 bridgehead atoms. The number of hydrogen-bond acceptors (Lipinski definition) is 1. The highest BCUT2D eigenvalue weighted by Gasteiger charge is 2.20. The maximum absolute atomic E-state index is 11.4.